The monoisotopic (exact) mass is 243 g/mol. The van der Waals surface area contributed by atoms with Crippen molar-refractivity contribution < 1.29 is 8.42 Å². The van der Waals surface area contributed by atoms with E-state index in [0.717, 1.165) is 6.42 Å². The van der Waals surface area contributed by atoms with Gasteiger partial charge in [0, 0.05) is 25.5 Å². The minimum absolute atomic E-state index is 0.199. The summed E-state index contributed by atoms with van der Waals surface area (Å²) in [4.78, 5) is 4.04. The molecular weight excluding hydrogens is 226 g/mol. The van der Waals surface area contributed by atoms with Crippen molar-refractivity contribution in [1.82, 2.24) is 9.71 Å². The van der Waals surface area contributed by atoms with E-state index in [1.165, 1.54) is 6.20 Å². The Kier molecular flexibility index (Phi) is 4.70. The van der Waals surface area contributed by atoms with E-state index in [1.54, 1.807) is 12.3 Å². The fraction of sp³-hybridized carbons (Fsp3) is 0.500. The van der Waals surface area contributed by atoms with Crippen molar-refractivity contribution in [2.75, 3.05) is 18.4 Å². The molecule has 0 saturated heterocycles. The molecule has 6 heteroatoms. The Balaban J connectivity index is 3.02. The number of nitrogens with zero attached hydrogens (tertiary/aromatic N) is 1. The van der Waals surface area contributed by atoms with Gasteiger partial charge in [0.2, 0.25) is 10.0 Å². The van der Waals surface area contributed by atoms with E-state index in [2.05, 4.69) is 15.0 Å². The maximum absolute atomic E-state index is 11.9. The highest BCUT2D eigenvalue weighted by Crippen LogP contribution is 2.18. The largest absolute Gasteiger partial charge is 0.384 e. The number of aromatic nitrogens is 1. The van der Waals surface area contributed by atoms with Crippen LogP contribution in [0.2, 0.25) is 0 Å². The summed E-state index contributed by atoms with van der Waals surface area (Å²) < 4.78 is 26.3. The highest BCUT2D eigenvalue weighted by atomic mass is 32.2. The smallest absolute Gasteiger partial charge is 0.244 e. The molecule has 0 aromatic carbocycles. The molecule has 1 rings (SSSR count). The molecule has 0 bridgehead atoms. The molecule has 1 aromatic heterocycles. The Morgan fingerprint density at radius 2 is 2.12 bits per heavy atom. The second-order valence-electron chi connectivity index (χ2n) is 3.30. The van der Waals surface area contributed by atoms with Gasteiger partial charge in [0.25, 0.3) is 0 Å². The van der Waals surface area contributed by atoms with Crippen LogP contribution >= 0.6 is 0 Å². The van der Waals surface area contributed by atoms with E-state index in [4.69, 9.17) is 0 Å². The highest BCUT2D eigenvalue weighted by Gasteiger charge is 2.17. The Hall–Kier alpha value is -1.14. The lowest BCUT2D eigenvalue weighted by Gasteiger charge is -2.10. The Labute approximate surface area is 96.3 Å². The minimum atomic E-state index is -3.45. The minimum Gasteiger partial charge on any atom is -0.384 e. The molecule has 1 heterocycles. The third-order valence-corrected chi connectivity index (χ3v) is 3.47. The van der Waals surface area contributed by atoms with E-state index in [0.29, 0.717) is 18.8 Å². The first-order valence-corrected chi connectivity index (χ1v) is 6.77. The zero-order chi connectivity index (χ0) is 12.0. The van der Waals surface area contributed by atoms with Crippen molar-refractivity contribution in [2.45, 2.75) is 25.2 Å². The zero-order valence-electron chi connectivity index (χ0n) is 9.53. The van der Waals surface area contributed by atoms with Gasteiger partial charge in [0.1, 0.15) is 4.90 Å². The Morgan fingerprint density at radius 1 is 1.38 bits per heavy atom. The first-order chi connectivity index (χ1) is 7.61. The number of nitrogens with one attached hydrogen (secondary N) is 2. The average molecular weight is 243 g/mol. The fourth-order valence-electron chi connectivity index (χ4n) is 1.24. The maximum atomic E-state index is 11.9. The first-order valence-electron chi connectivity index (χ1n) is 5.29. The summed E-state index contributed by atoms with van der Waals surface area (Å²) in [6.07, 6.45) is 3.68. The quantitative estimate of drug-likeness (QED) is 0.787. The van der Waals surface area contributed by atoms with Crippen LogP contribution in [-0.4, -0.2) is 26.5 Å². The summed E-state index contributed by atoms with van der Waals surface area (Å²) in [5.41, 5.74) is 0.584. The van der Waals surface area contributed by atoms with E-state index < -0.39 is 10.0 Å². The van der Waals surface area contributed by atoms with Crippen LogP contribution in [-0.2, 0) is 10.0 Å². The van der Waals surface area contributed by atoms with Crippen LogP contribution in [0, 0.1) is 0 Å². The lowest BCUT2D eigenvalue weighted by atomic mass is 10.4. The summed E-state index contributed by atoms with van der Waals surface area (Å²) in [5, 5.41) is 3.00. The van der Waals surface area contributed by atoms with E-state index in [1.807, 2.05) is 13.8 Å². The molecule has 0 fully saturated rings. The third kappa shape index (κ3) is 3.18. The van der Waals surface area contributed by atoms with Crippen LogP contribution in [0.15, 0.2) is 23.4 Å². The van der Waals surface area contributed by atoms with Crippen molar-refractivity contribution in [3.8, 4) is 0 Å². The van der Waals surface area contributed by atoms with Crippen LogP contribution in [0.4, 0.5) is 5.69 Å². The van der Waals surface area contributed by atoms with Gasteiger partial charge in [-0.15, -0.1) is 0 Å². The molecule has 0 amide bonds. The van der Waals surface area contributed by atoms with Crippen molar-refractivity contribution in [3.63, 3.8) is 0 Å². The number of hydrogen-bond donors (Lipinski definition) is 2. The second-order valence-corrected chi connectivity index (χ2v) is 5.04. The van der Waals surface area contributed by atoms with Gasteiger partial charge < -0.3 is 5.32 Å². The average Bonchev–Trinajstić information content (AvgIpc) is 2.27. The Morgan fingerprint density at radius 3 is 2.75 bits per heavy atom. The van der Waals surface area contributed by atoms with Gasteiger partial charge in [-0.25, -0.2) is 13.1 Å². The van der Waals surface area contributed by atoms with Crippen LogP contribution < -0.4 is 10.0 Å². The van der Waals surface area contributed by atoms with Gasteiger partial charge in [-0.1, -0.05) is 6.92 Å². The number of anilines is 1. The summed E-state index contributed by atoms with van der Waals surface area (Å²) in [6, 6.07) is 1.66. The Bertz CT molecular complexity index is 431. The first kappa shape index (κ1) is 12.9. The van der Waals surface area contributed by atoms with Gasteiger partial charge in [0.05, 0.1) is 5.69 Å². The van der Waals surface area contributed by atoms with Crippen LogP contribution in [0.3, 0.4) is 0 Å². The van der Waals surface area contributed by atoms with Crippen LogP contribution in [0.5, 0.6) is 0 Å². The molecular formula is C10H17N3O2S. The van der Waals surface area contributed by atoms with Gasteiger partial charge in [0.15, 0.2) is 0 Å². The zero-order valence-corrected chi connectivity index (χ0v) is 10.3. The van der Waals surface area contributed by atoms with E-state index in [-0.39, 0.29) is 4.90 Å². The van der Waals surface area contributed by atoms with Crippen molar-refractivity contribution >= 4 is 15.7 Å². The number of pyridine rings is 1. The maximum Gasteiger partial charge on any atom is 0.244 e. The van der Waals surface area contributed by atoms with Crippen LogP contribution in [0.1, 0.15) is 20.3 Å². The molecule has 0 aliphatic heterocycles. The van der Waals surface area contributed by atoms with Crippen molar-refractivity contribution in [2.24, 2.45) is 0 Å². The predicted molar refractivity (Wildman–Crippen MR) is 63.9 cm³/mol. The topological polar surface area (TPSA) is 71.1 Å². The lowest BCUT2D eigenvalue weighted by molar-refractivity contribution is 0.580. The molecule has 0 aliphatic rings. The molecule has 0 aliphatic carbocycles. The van der Waals surface area contributed by atoms with Gasteiger partial charge in [-0.3, -0.25) is 4.98 Å². The molecule has 0 radical (unpaired) electrons. The normalized spacial score (nSPS) is 11.4. The summed E-state index contributed by atoms with van der Waals surface area (Å²) >= 11 is 0. The SMILES string of the molecule is CCCNS(=O)(=O)c1cnccc1NCC. The number of hydrogen-bond acceptors (Lipinski definition) is 4. The van der Waals surface area contributed by atoms with Gasteiger partial charge in [-0.2, -0.15) is 0 Å². The molecule has 1 aromatic rings. The summed E-state index contributed by atoms with van der Waals surface area (Å²) in [6.45, 7) is 4.93. The van der Waals surface area contributed by atoms with Crippen molar-refractivity contribution in [1.29, 1.82) is 0 Å². The highest BCUT2D eigenvalue weighted by molar-refractivity contribution is 7.89. The standard InChI is InChI=1S/C10H17N3O2S/c1-3-6-13-16(14,15)10-8-11-7-5-9(10)12-4-2/h5,7-8,13H,3-4,6H2,1-2H3,(H,11,12). The summed E-state index contributed by atoms with van der Waals surface area (Å²) in [5.74, 6) is 0. The predicted octanol–water partition coefficient (Wildman–Crippen LogP) is 1.20. The third-order valence-electron chi connectivity index (χ3n) is 1.98. The van der Waals surface area contributed by atoms with Crippen LogP contribution in [0.25, 0.3) is 0 Å². The van der Waals surface area contributed by atoms with E-state index in [9.17, 15) is 8.42 Å². The molecule has 0 atom stereocenters. The molecule has 0 spiro atoms. The molecule has 5 nitrogen and oxygen atoms in total. The molecule has 2 N–H and O–H groups in total. The molecule has 0 unspecified atom stereocenters. The molecule has 16 heavy (non-hydrogen) atoms. The van der Waals surface area contributed by atoms with Gasteiger partial charge >= 0.3 is 0 Å². The second kappa shape index (κ2) is 5.81. The molecule has 90 valence electrons. The number of rotatable bonds is 6. The van der Waals surface area contributed by atoms with Gasteiger partial charge in [-0.05, 0) is 19.4 Å². The molecule has 0 saturated carbocycles. The van der Waals surface area contributed by atoms with E-state index >= 15 is 0 Å². The fourth-order valence-corrected chi connectivity index (χ4v) is 2.50. The number of sulfonamides is 1. The summed E-state index contributed by atoms with van der Waals surface area (Å²) in [7, 11) is -3.45. The lowest BCUT2D eigenvalue weighted by Crippen LogP contribution is -2.25. The van der Waals surface area contributed by atoms with Crippen molar-refractivity contribution in [3.05, 3.63) is 18.5 Å².